The van der Waals surface area contributed by atoms with Gasteiger partial charge in [0.15, 0.2) is 0 Å². The molecule has 0 N–H and O–H groups in total. The van der Waals surface area contributed by atoms with E-state index in [1.807, 2.05) is 0 Å². The monoisotopic (exact) mass is 371 g/mol. The van der Waals surface area contributed by atoms with Gasteiger partial charge in [0.1, 0.15) is 16.7 Å². The molecule has 3 nitrogen and oxygen atoms in total. The first-order valence-corrected chi connectivity index (χ1v) is 7.40. The molecule has 1 aromatic rings. The maximum Gasteiger partial charge on any atom is 0.573 e. The van der Waals surface area contributed by atoms with Gasteiger partial charge in [-0.2, -0.15) is 4.40 Å². The molecule has 0 aromatic heterocycles. The SMILES string of the molecule is CC(C)(C)[S@@](=O)N=Cc1ccc(OC(F)(F)F)c(Br)c1. The molecule has 112 valence electrons. The van der Waals surface area contributed by atoms with Crippen LogP contribution >= 0.6 is 15.9 Å². The molecule has 0 saturated heterocycles. The molecule has 0 aliphatic carbocycles. The maximum atomic E-state index is 12.1. The number of alkyl halides is 3. The summed E-state index contributed by atoms with van der Waals surface area (Å²) in [5, 5.41) is 0. The van der Waals surface area contributed by atoms with Gasteiger partial charge in [0.05, 0.1) is 9.22 Å². The smallest absolute Gasteiger partial charge is 0.405 e. The molecular formula is C12H13BrF3NO2S. The Balaban J connectivity index is 2.88. The zero-order valence-electron chi connectivity index (χ0n) is 11.0. The van der Waals surface area contributed by atoms with E-state index in [1.165, 1.54) is 24.4 Å². The largest absolute Gasteiger partial charge is 0.573 e. The van der Waals surface area contributed by atoms with Crippen molar-refractivity contribution in [2.45, 2.75) is 31.9 Å². The number of ether oxygens (including phenoxy) is 1. The average Bonchev–Trinajstić information content (AvgIpc) is 2.26. The highest BCUT2D eigenvalue weighted by Gasteiger charge is 2.31. The molecule has 0 unspecified atom stereocenters. The lowest BCUT2D eigenvalue weighted by atomic mass is 10.2. The van der Waals surface area contributed by atoms with Gasteiger partial charge in [0.25, 0.3) is 0 Å². The highest BCUT2D eigenvalue weighted by molar-refractivity contribution is 9.10. The van der Waals surface area contributed by atoms with Gasteiger partial charge in [-0.1, -0.05) is 0 Å². The van der Waals surface area contributed by atoms with Crippen LogP contribution in [-0.2, 0) is 11.0 Å². The third kappa shape index (κ3) is 5.62. The molecule has 0 aliphatic rings. The summed E-state index contributed by atoms with van der Waals surface area (Å²) in [4.78, 5) is 0. The molecule has 0 fully saturated rings. The minimum atomic E-state index is -4.74. The lowest BCUT2D eigenvalue weighted by Gasteiger charge is -2.13. The molecule has 1 aromatic carbocycles. The summed E-state index contributed by atoms with van der Waals surface area (Å²) in [6.07, 6.45) is -3.39. The summed E-state index contributed by atoms with van der Waals surface area (Å²) < 4.78 is 55.3. The molecule has 20 heavy (non-hydrogen) atoms. The summed E-state index contributed by atoms with van der Waals surface area (Å²) >= 11 is 2.98. The molecular weight excluding hydrogens is 359 g/mol. The first kappa shape index (κ1) is 17.2. The number of halogens is 4. The molecule has 0 bridgehead atoms. The molecule has 0 aliphatic heterocycles. The molecule has 0 heterocycles. The second-order valence-corrected chi connectivity index (χ2v) is 7.62. The number of rotatable bonds is 3. The Morgan fingerprint density at radius 2 is 1.90 bits per heavy atom. The highest BCUT2D eigenvalue weighted by atomic mass is 79.9. The van der Waals surface area contributed by atoms with E-state index in [9.17, 15) is 17.4 Å². The van der Waals surface area contributed by atoms with Crippen LogP contribution in [0.15, 0.2) is 27.1 Å². The maximum absolute atomic E-state index is 12.1. The van der Waals surface area contributed by atoms with Gasteiger partial charge in [-0.3, -0.25) is 0 Å². The fourth-order valence-corrected chi connectivity index (χ4v) is 2.08. The fourth-order valence-electron chi connectivity index (χ4n) is 1.07. The zero-order valence-corrected chi connectivity index (χ0v) is 13.4. The Morgan fingerprint density at radius 1 is 1.30 bits per heavy atom. The number of nitrogens with zero attached hydrogens (tertiary/aromatic N) is 1. The van der Waals surface area contributed by atoms with E-state index in [0.717, 1.165) is 0 Å². The van der Waals surface area contributed by atoms with Crippen LogP contribution in [0.1, 0.15) is 26.3 Å². The van der Waals surface area contributed by atoms with E-state index in [0.29, 0.717) is 5.56 Å². The Morgan fingerprint density at radius 3 is 2.35 bits per heavy atom. The first-order chi connectivity index (χ1) is 8.99. The molecule has 1 atom stereocenters. The predicted octanol–water partition coefficient (Wildman–Crippen LogP) is 4.23. The van der Waals surface area contributed by atoms with Gasteiger partial charge < -0.3 is 4.74 Å². The normalized spacial score (nSPS) is 14.6. The second kappa shape index (κ2) is 6.26. The van der Waals surface area contributed by atoms with Crippen LogP contribution in [0.25, 0.3) is 0 Å². The van der Waals surface area contributed by atoms with E-state index < -0.39 is 22.1 Å². The Hall–Kier alpha value is -0.890. The van der Waals surface area contributed by atoms with Gasteiger partial charge in [0, 0.05) is 6.21 Å². The van der Waals surface area contributed by atoms with Crippen LogP contribution < -0.4 is 4.74 Å². The molecule has 1 rings (SSSR count). The summed E-state index contributed by atoms with van der Waals surface area (Å²) in [5.41, 5.74) is 0.518. The van der Waals surface area contributed by atoms with Crippen molar-refractivity contribution in [2.75, 3.05) is 0 Å². The summed E-state index contributed by atoms with van der Waals surface area (Å²) in [7, 11) is -1.42. The standard InChI is InChI=1S/C12H13BrF3NO2S/c1-11(2,3)20(18)17-7-8-4-5-10(9(13)6-8)19-12(14,15)16/h4-7H,1-3H3/t20-/m1/s1. The fraction of sp³-hybridized carbons (Fsp3) is 0.417. The van der Waals surface area contributed by atoms with Crippen LogP contribution in [-0.4, -0.2) is 21.5 Å². The quantitative estimate of drug-likeness (QED) is 0.745. The Labute approximate surface area is 126 Å². The summed E-state index contributed by atoms with van der Waals surface area (Å²) in [6, 6.07) is 3.97. The number of benzene rings is 1. The summed E-state index contributed by atoms with van der Waals surface area (Å²) in [6.45, 7) is 5.32. The Kier molecular flexibility index (Phi) is 5.37. The van der Waals surface area contributed by atoms with Crippen LogP contribution in [0.5, 0.6) is 5.75 Å². The minimum Gasteiger partial charge on any atom is -0.405 e. The molecule has 0 saturated carbocycles. The number of hydrogen-bond acceptors (Lipinski definition) is 2. The zero-order chi connectivity index (χ0) is 15.6. The van der Waals surface area contributed by atoms with Crippen molar-refractivity contribution in [3.8, 4) is 5.75 Å². The van der Waals surface area contributed by atoms with E-state index in [-0.39, 0.29) is 10.2 Å². The van der Waals surface area contributed by atoms with Crippen molar-refractivity contribution >= 4 is 33.1 Å². The van der Waals surface area contributed by atoms with Crippen LogP contribution in [0.2, 0.25) is 0 Å². The topological polar surface area (TPSA) is 38.7 Å². The predicted molar refractivity (Wildman–Crippen MR) is 76.3 cm³/mol. The van der Waals surface area contributed by atoms with E-state index in [2.05, 4.69) is 25.1 Å². The van der Waals surface area contributed by atoms with Crippen LogP contribution in [0.4, 0.5) is 13.2 Å². The van der Waals surface area contributed by atoms with Crippen molar-refractivity contribution < 1.29 is 22.1 Å². The van der Waals surface area contributed by atoms with E-state index in [4.69, 9.17) is 0 Å². The van der Waals surface area contributed by atoms with Crippen molar-refractivity contribution in [1.82, 2.24) is 0 Å². The third-order valence-corrected chi connectivity index (χ3v) is 3.97. The third-order valence-electron chi connectivity index (χ3n) is 2.00. The average molecular weight is 372 g/mol. The van der Waals surface area contributed by atoms with E-state index in [1.54, 1.807) is 20.8 Å². The molecule has 8 heteroatoms. The second-order valence-electron chi connectivity index (χ2n) is 4.83. The van der Waals surface area contributed by atoms with Gasteiger partial charge in [-0.15, -0.1) is 13.2 Å². The van der Waals surface area contributed by atoms with Crippen LogP contribution in [0, 0.1) is 0 Å². The summed E-state index contributed by atoms with van der Waals surface area (Å²) in [5.74, 6) is -0.341. The van der Waals surface area contributed by atoms with Crippen molar-refractivity contribution in [3.63, 3.8) is 0 Å². The van der Waals surface area contributed by atoms with Crippen molar-refractivity contribution in [3.05, 3.63) is 28.2 Å². The van der Waals surface area contributed by atoms with Crippen molar-refractivity contribution in [2.24, 2.45) is 4.40 Å². The van der Waals surface area contributed by atoms with E-state index >= 15 is 0 Å². The van der Waals surface area contributed by atoms with Crippen molar-refractivity contribution in [1.29, 1.82) is 0 Å². The lowest BCUT2D eigenvalue weighted by Crippen LogP contribution is -2.19. The Bertz CT molecular complexity index is 538. The lowest BCUT2D eigenvalue weighted by molar-refractivity contribution is -0.274. The van der Waals surface area contributed by atoms with Gasteiger partial charge in [-0.25, -0.2) is 4.21 Å². The minimum absolute atomic E-state index is 0.139. The highest BCUT2D eigenvalue weighted by Crippen LogP contribution is 2.30. The van der Waals surface area contributed by atoms with Gasteiger partial charge in [-0.05, 0) is 60.5 Å². The van der Waals surface area contributed by atoms with Crippen LogP contribution in [0.3, 0.4) is 0 Å². The molecule has 0 radical (unpaired) electrons. The first-order valence-electron chi connectivity index (χ1n) is 5.50. The molecule has 0 amide bonds. The molecule has 0 spiro atoms. The van der Waals surface area contributed by atoms with Gasteiger partial charge >= 0.3 is 6.36 Å². The number of hydrogen-bond donors (Lipinski definition) is 0. The van der Waals surface area contributed by atoms with Gasteiger partial charge in [0.2, 0.25) is 0 Å².